The summed E-state index contributed by atoms with van der Waals surface area (Å²) in [6.45, 7) is 1.88. The molecule has 3 heteroatoms. The number of nitrogens with zero attached hydrogens (tertiary/aromatic N) is 1. The summed E-state index contributed by atoms with van der Waals surface area (Å²) in [5.41, 5.74) is 1.26. The first-order valence-electron chi connectivity index (χ1n) is 3.41. The van der Waals surface area contributed by atoms with Crippen LogP contribution in [0.3, 0.4) is 0 Å². The lowest BCUT2D eigenvalue weighted by molar-refractivity contribution is -0.427. The summed E-state index contributed by atoms with van der Waals surface area (Å²) >= 11 is 0. The van der Waals surface area contributed by atoms with Crippen LogP contribution in [0.15, 0.2) is 35.6 Å². The first-order chi connectivity index (χ1) is 5.24. The normalized spacial score (nSPS) is 20.1. The second-order valence-corrected chi connectivity index (χ2v) is 2.31. The number of allylic oxidation sites excluding steroid dienone is 5. The Bertz CT molecular complexity index is 261. The van der Waals surface area contributed by atoms with E-state index in [1.165, 1.54) is 6.08 Å². The molecule has 1 rings (SSSR count). The predicted octanol–water partition coefficient (Wildman–Crippen LogP) is 2.05. The third-order valence-electron chi connectivity index (χ3n) is 1.59. The molecule has 0 atom stereocenters. The van der Waals surface area contributed by atoms with Gasteiger partial charge in [-0.05, 0) is 12.5 Å². The van der Waals surface area contributed by atoms with Crippen molar-refractivity contribution in [3.05, 3.63) is 45.7 Å². The summed E-state index contributed by atoms with van der Waals surface area (Å²) < 4.78 is 0. The van der Waals surface area contributed by atoms with Crippen LogP contribution in [0.4, 0.5) is 0 Å². The average molecular weight is 151 g/mol. The molecule has 0 saturated carbocycles. The van der Waals surface area contributed by atoms with E-state index in [0.717, 1.165) is 5.57 Å². The molecule has 0 radical (unpaired) electrons. The van der Waals surface area contributed by atoms with Gasteiger partial charge in [0.2, 0.25) is 0 Å². The SMILES string of the molecule is C/C=C1/C=CC=C([N+](=O)[O-])C1. The minimum Gasteiger partial charge on any atom is -0.259 e. The van der Waals surface area contributed by atoms with Crippen LogP contribution in [0.25, 0.3) is 0 Å². The maximum Gasteiger partial charge on any atom is 0.250 e. The minimum atomic E-state index is -0.340. The number of rotatable bonds is 1. The van der Waals surface area contributed by atoms with Crippen molar-refractivity contribution in [2.24, 2.45) is 0 Å². The van der Waals surface area contributed by atoms with Crippen molar-refractivity contribution in [2.75, 3.05) is 0 Å². The first kappa shape index (κ1) is 7.72. The van der Waals surface area contributed by atoms with Gasteiger partial charge in [-0.3, -0.25) is 10.1 Å². The van der Waals surface area contributed by atoms with Gasteiger partial charge in [0.05, 0.1) is 11.3 Å². The second kappa shape index (κ2) is 3.14. The molecule has 0 aromatic rings. The molecule has 0 fully saturated rings. The Morgan fingerprint density at radius 1 is 1.73 bits per heavy atom. The lowest BCUT2D eigenvalue weighted by Gasteiger charge is -2.02. The highest BCUT2D eigenvalue weighted by atomic mass is 16.6. The van der Waals surface area contributed by atoms with Gasteiger partial charge < -0.3 is 0 Å². The van der Waals surface area contributed by atoms with Crippen molar-refractivity contribution in [1.29, 1.82) is 0 Å². The fraction of sp³-hybridized carbons (Fsp3) is 0.250. The topological polar surface area (TPSA) is 43.1 Å². The van der Waals surface area contributed by atoms with E-state index < -0.39 is 0 Å². The smallest absolute Gasteiger partial charge is 0.250 e. The summed E-state index contributed by atoms with van der Waals surface area (Å²) in [7, 11) is 0. The van der Waals surface area contributed by atoms with E-state index in [9.17, 15) is 10.1 Å². The largest absolute Gasteiger partial charge is 0.259 e. The highest BCUT2D eigenvalue weighted by Crippen LogP contribution is 2.17. The molecule has 0 aliphatic heterocycles. The lowest BCUT2D eigenvalue weighted by Crippen LogP contribution is -2.01. The van der Waals surface area contributed by atoms with Crippen LogP contribution < -0.4 is 0 Å². The van der Waals surface area contributed by atoms with Gasteiger partial charge in [0.1, 0.15) is 0 Å². The number of nitro groups is 1. The summed E-state index contributed by atoms with van der Waals surface area (Å²) in [4.78, 5) is 9.95. The summed E-state index contributed by atoms with van der Waals surface area (Å²) in [6.07, 6.45) is 7.45. The van der Waals surface area contributed by atoms with Gasteiger partial charge >= 0.3 is 0 Å². The van der Waals surface area contributed by atoms with Gasteiger partial charge in [-0.1, -0.05) is 18.2 Å². The molecule has 0 N–H and O–H groups in total. The Morgan fingerprint density at radius 3 is 3.00 bits per heavy atom. The van der Waals surface area contributed by atoms with Crippen molar-refractivity contribution in [3.8, 4) is 0 Å². The molecule has 0 bridgehead atoms. The summed E-state index contributed by atoms with van der Waals surface area (Å²) in [5, 5.41) is 10.3. The molecule has 58 valence electrons. The molecule has 0 aromatic carbocycles. The van der Waals surface area contributed by atoms with E-state index >= 15 is 0 Å². The fourth-order valence-electron chi connectivity index (χ4n) is 0.933. The van der Waals surface area contributed by atoms with Crippen LogP contribution in [-0.4, -0.2) is 4.92 Å². The van der Waals surface area contributed by atoms with Crippen molar-refractivity contribution in [2.45, 2.75) is 13.3 Å². The minimum absolute atomic E-state index is 0.264. The zero-order valence-electron chi connectivity index (χ0n) is 6.28. The van der Waals surface area contributed by atoms with Gasteiger partial charge in [0.25, 0.3) is 5.70 Å². The Hall–Kier alpha value is -1.38. The zero-order valence-corrected chi connectivity index (χ0v) is 6.28. The fourth-order valence-corrected chi connectivity index (χ4v) is 0.933. The van der Waals surface area contributed by atoms with Gasteiger partial charge in [0, 0.05) is 6.08 Å². The molecule has 1 aliphatic rings. The van der Waals surface area contributed by atoms with Gasteiger partial charge in [-0.25, -0.2) is 0 Å². The quantitative estimate of drug-likeness (QED) is 0.425. The first-order valence-corrected chi connectivity index (χ1v) is 3.41. The standard InChI is InChI=1S/C8H9NO2/c1-2-7-4-3-5-8(6-7)9(10)11/h2-5H,6H2,1H3/b7-2-. The maximum atomic E-state index is 10.3. The van der Waals surface area contributed by atoms with Crippen LogP contribution in [0.2, 0.25) is 0 Å². The molecule has 0 aromatic heterocycles. The van der Waals surface area contributed by atoms with E-state index in [0.29, 0.717) is 6.42 Å². The highest BCUT2D eigenvalue weighted by Gasteiger charge is 2.12. The Labute approximate surface area is 64.9 Å². The van der Waals surface area contributed by atoms with Gasteiger partial charge in [-0.2, -0.15) is 0 Å². The monoisotopic (exact) mass is 151 g/mol. The van der Waals surface area contributed by atoms with Crippen molar-refractivity contribution >= 4 is 0 Å². The lowest BCUT2D eigenvalue weighted by atomic mass is 10.1. The molecule has 11 heavy (non-hydrogen) atoms. The van der Waals surface area contributed by atoms with Crippen molar-refractivity contribution < 1.29 is 4.92 Å². The molecule has 0 saturated heterocycles. The van der Waals surface area contributed by atoms with E-state index in [4.69, 9.17) is 0 Å². The van der Waals surface area contributed by atoms with Crippen molar-refractivity contribution in [1.82, 2.24) is 0 Å². The molecule has 0 spiro atoms. The highest BCUT2D eigenvalue weighted by molar-refractivity contribution is 5.31. The third-order valence-corrected chi connectivity index (χ3v) is 1.59. The van der Waals surface area contributed by atoms with Crippen LogP contribution in [0.5, 0.6) is 0 Å². The Balaban J connectivity index is 2.81. The molecule has 0 amide bonds. The molecule has 1 aliphatic carbocycles. The van der Waals surface area contributed by atoms with Gasteiger partial charge in [0.15, 0.2) is 0 Å². The van der Waals surface area contributed by atoms with E-state index in [1.54, 1.807) is 6.08 Å². The molecule has 3 nitrogen and oxygen atoms in total. The van der Waals surface area contributed by atoms with E-state index in [2.05, 4.69) is 0 Å². The van der Waals surface area contributed by atoms with Gasteiger partial charge in [-0.15, -0.1) is 0 Å². The Morgan fingerprint density at radius 2 is 2.45 bits per heavy atom. The summed E-state index contributed by atoms with van der Waals surface area (Å²) in [5.74, 6) is 0. The van der Waals surface area contributed by atoms with Crippen LogP contribution >= 0.6 is 0 Å². The zero-order chi connectivity index (χ0) is 8.27. The third kappa shape index (κ3) is 1.77. The average Bonchev–Trinajstić information content (AvgIpc) is 2.05. The number of hydrogen-bond acceptors (Lipinski definition) is 2. The Kier molecular flexibility index (Phi) is 2.21. The predicted molar refractivity (Wildman–Crippen MR) is 42.6 cm³/mol. The van der Waals surface area contributed by atoms with Crippen LogP contribution in [-0.2, 0) is 0 Å². The number of hydrogen-bond donors (Lipinski definition) is 0. The van der Waals surface area contributed by atoms with E-state index in [1.807, 2.05) is 19.1 Å². The summed E-state index contributed by atoms with van der Waals surface area (Å²) in [6, 6.07) is 0. The van der Waals surface area contributed by atoms with Crippen molar-refractivity contribution in [3.63, 3.8) is 0 Å². The molecule has 0 heterocycles. The maximum absolute atomic E-state index is 10.3. The van der Waals surface area contributed by atoms with Crippen LogP contribution in [0.1, 0.15) is 13.3 Å². The molecular formula is C8H9NO2. The second-order valence-electron chi connectivity index (χ2n) is 2.31. The molecule has 0 unspecified atom stereocenters. The van der Waals surface area contributed by atoms with Crippen LogP contribution in [0, 0.1) is 10.1 Å². The molecular weight excluding hydrogens is 142 g/mol. The van der Waals surface area contributed by atoms with E-state index in [-0.39, 0.29) is 10.6 Å².